The fraction of sp³-hybridized carbons (Fsp3) is 0.857. The van der Waals surface area contributed by atoms with Gasteiger partial charge in [0.25, 0.3) is 0 Å². The third kappa shape index (κ3) is 1.21. The molecule has 5 aliphatic rings. The van der Waals surface area contributed by atoms with E-state index in [4.69, 9.17) is 4.74 Å². The van der Waals surface area contributed by atoms with Gasteiger partial charge in [0.05, 0.1) is 17.6 Å². The Bertz CT molecular complexity index is 411. The summed E-state index contributed by atoms with van der Waals surface area (Å²) < 4.78 is 6.31. The third-order valence-electron chi connectivity index (χ3n) is 6.12. The second-order valence-electron chi connectivity index (χ2n) is 7.00. The van der Waals surface area contributed by atoms with Crippen LogP contribution in [0.25, 0.3) is 0 Å². The Labute approximate surface area is 121 Å². The molecule has 0 N–H and O–H groups in total. The van der Waals surface area contributed by atoms with Crippen molar-refractivity contribution in [3.8, 4) is 0 Å². The molecule has 0 aromatic rings. The minimum Gasteiger partial charge on any atom is -0.352 e. The minimum absolute atomic E-state index is 0. The molecule has 2 heterocycles. The average molecular weight is 241 g/mol. The molecular weight excluding hydrogens is 221 g/mol. The number of fused-ring (bicyclic) bond motifs is 1. The topological polar surface area (TPSA) is 29.5 Å². The van der Waals surface area contributed by atoms with Crippen LogP contribution in [0.2, 0.25) is 0 Å². The van der Waals surface area contributed by atoms with Gasteiger partial charge in [0, 0.05) is 0 Å². The largest absolute Gasteiger partial charge is 1.00 e. The molecule has 2 saturated heterocycles. The maximum atomic E-state index is 11.9. The van der Waals surface area contributed by atoms with Crippen molar-refractivity contribution in [3.63, 3.8) is 0 Å². The Hall–Kier alpha value is -0.103. The summed E-state index contributed by atoms with van der Waals surface area (Å²) in [5, 5.41) is 0. The Balaban J connectivity index is 0.000001000. The summed E-state index contributed by atoms with van der Waals surface area (Å²) in [4.78, 5) is 13.9. The van der Waals surface area contributed by atoms with E-state index in [1.807, 2.05) is 4.90 Å². The van der Waals surface area contributed by atoms with Crippen molar-refractivity contribution < 1.29 is 28.4 Å². The molecule has 5 atom stereocenters. The Morgan fingerprint density at radius 2 is 2.06 bits per heavy atom. The van der Waals surface area contributed by atoms with Crippen LogP contribution in [0.3, 0.4) is 0 Å². The standard InChI is InChI=1S/C14H20NO2.Li/c1-13(2)8-6-9(13)14(3)10(7-8)15-11(16)4-5-12(15)17-14;/h4,8-10,12H,5-7H2,1-3H3;/q-1;+1/t8-,9-,10+,12-,14-;/m1./s1. The maximum absolute atomic E-state index is 11.9. The van der Waals surface area contributed by atoms with E-state index in [2.05, 4.69) is 20.8 Å². The second kappa shape index (κ2) is 3.51. The zero-order valence-electron chi connectivity index (χ0n) is 11.8. The first-order valence-corrected chi connectivity index (χ1v) is 6.78. The summed E-state index contributed by atoms with van der Waals surface area (Å²) in [5.41, 5.74) is 0.310. The molecule has 4 heteroatoms. The molecule has 3 saturated carbocycles. The number of carbonyl (C=O) groups is 1. The van der Waals surface area contributed by atoms with Crippen LogP contribution in [0.1, 0.15) is 40.0 Å². The molecule has 0 unspecified atom stereocenters. The predicted molar refractivity (Wildman–Crippen MR) is 62.8 cm³/mol. The van der Waals surface area contributed by atoms with E-state index in [0.29, 0.717) is 17.4 Å². The van der Waals surface area contributed by atoms with Crippen LogP contribution in [-0.4, -0.2) is 28.7 Å². The molecule has 94 valence electrons. The van der Waals surface area contributed by atoms with Crippen molar-refractivity contribution in [3.05, 3.63) is 6.42 Å². The average Bonchev–Trinajstić information content (AvgIpc) is 2.74. The summed E-state index contributed by atoms with van der Waals surface area (Å²) in [5.74, 6) is 1.60. The Morgan fingerprint density at radius 3 is 2.72 bits per heavy atom. The van der Waals surface area contributed by atoms with Gasteiger partial charge >= 0.3 is 18.9 Å². The molecular formula is C14H20LiNO2. The van der Waals surface area contributed by atoms with Gasteiger partial charge in [-0.2, -0.15) is 0 Å². The van der Waals surface area contributed by atoms with Crippen molar-refractivity contribution in [1.82, 2.24) is 4.90 Å². The first kappa shape index (κ1) is 12.9. The number of rotatable bonds is 0. The zero-order chi connectivity index (χ0) is 12.0. The van der Waals surface area contributed by atoms with Crippen molar-refractivity contribution in [2.24, 2.45) is 17.3 Å². The number of hydrogen-bond acceptors (Lipinski definition) is 2. The fourth-order valence-corrected chi connectivity index (χ4v) is 4.99. The molecule has 0 spiro atoms. The van der Waals surface area contributed by atoms with Gasteiger partial charge < -0.3 is 14.4 Å². The third-order valence-corrected chi connectivity index (χ3v) is 6.12. The monoisotopic (exact) mass is 241 g/mol. The smallest absolute Gasteiger partial charge is 0.352 e. The van der Waals surface area contributed by atoms with E-state index in [1.165, 1.54) is 6.42 Å². The van der Waals surface area contributed by atoms with Gasteiger partial charge in [-0.15, -0.1) is 6.42 Å². The quantitative estimate of drug-likeness (QED) is 0.401. The summed E-state index contributed by atoms with van der Waals surface area (Å²) in [6, 6.07) is 0.329. The number of hydrogen-bond donors (Lipinski definition) is 0. The van der Waals surface area contributed by atoms with E-state index in [1.54, 1.807) is 6.42 Å². The van der Waals surface area contributed by atoms with Crippen LogP contribution >= 0.6 is 0 Å². The summed E-state index contributed by atoms with van der Waals surface area (Å²) in [6.45, 7) is 6.98. The number of carbonyl (C=O) groups excluding carboxylic acids is 1. The molecule has 5 rings (SSSR count). The van der Waals surface area contributed by atoms with Gasteiger partial charge in [0.2, 0.25) is 0 Å². The van der Waals surface area contributed by atoms with Gasteiger partial charge in [-0.1, -0.05) is 13.8 Å². The van der Waals surface area contributed by atoms with Crippen LogP contribution in [0.5, 0.6) is 0 Å². The van der Waals surface area contributed by atoms with E-state index < -0.39 is 0 Å². The molecule has 2 aliphatic heterocycles. The molecule has 3 nitrogen and oxygen atoms in total. The maximum Gasteiger partial charge on any atom is 1.00 e. The van der Waals surface area contributed by atoms with Crippen LogP contribution < -0.4 is 18.9 Å². The summed E-state index contributed by atoms with van der Waals surface area (Å²) in [6.07, 6.45) is 5.03. The van der Waals surface area contributed by atoms with Gasteiger partial charge in [0.15, 0.2) is 0 Å². The van der Waals surface area contributed by atoms with Gasteiger partial charge in [-0.25, -0.2) is 0 Å². The minimum atomic E-state index is -0.0904. The first-order chi connectivity index (χ1) is 7.94. The summed E-state index contributed by atoms with van der Waals surface area (Å²) >= 11 is 0. The van der Waals surface area contributed by atoms with Gasteiger partial charge in [0.1, 0.15) is 6.23 Å². The summed E-state index contributed by atoms with van der Waals surface area (Å²) in [7, 11) is 0. The fourth-order valence-electron chi connectivity index (χ4n) is 4.99. The van der Waals surface area contributed by atoms with Crippen LogP contribution in [0, 0.1) is 23.7 Å². The molecule has 1 amide bonds. The number of amides is 1. The van der Waals surface area contributed by atoms with Crippen molar-refractivity contribution in [1.29, 1.82) is 0 Å². The first-order valence-electron chi connectivity index (χ1n) is 6.78. The normalized spacial score (nSPS) is 50.8. The van der Waals surface area contributed by atoms with E-state index >= 15 is 0 Å². The van der Waals surface area contributed by atoms with Crippen molar-refractivity contribution in [2.75, 3.05) is 0 Å². The van der Waals surface area contributed by atoms with Crippen molar-refractivity contribution >= 4 is 5.91 Å². The molecule has 3 aliphatic carbocycles. The predicted octanol–water partition coefficient (Wildman–Crippen LogP) is -1.02. The van der Waals surface area contributed by atoms with Crippen LogP contribution in [0.15, 0.2) is 0 Å². The Kier molecular flexibility index (Phi) is 2.51. The van der Waals surface area contributed by atoms with Gasteiger partial charge in [-0.05, 0) is 37.0 Å². The van der Waals surface area contributed by atoms with E-state index in [0.717, 1.165) is 18.8 Å². The zero-order valence-corrected chi connectivity index (χ0v) is 11.8. The second-order valence-corrected chi connectivity index (χ2v) is 7.00. The molecule has 0 aromatic carbocycles. The SMILES string of the molecule is CC1(C)[C@H]2C[C@@H]3N4C(=O)[CH-]C[C@H]4O[C@]3(C)[C@@H]1C2.[Li+]. The number of ether oxygens (including phenoxy) is 1. The molecule has 0 radical (unpaired) electrons. The number of nitrogens with zero attached hydrogens (tertiary/aromatic N) is 1. The molecule has 5 fully saturated rings. The van der Waals surface area contributed by atoms with Crippen LogP contribution in [0.4, 0.5) is 0 Å². The Morgan fingerprint density at radius 1 is 1.33 bits per heavy atom. The molecule has 2 bridgehead atoms. The van der Waals surface area contributed by atoms with Crippen LogP contribution in [-0.2, 0) is 9.53 Å². The molecule has 18 heavy (non-hydrogen) atoms. The van der Waals surface area contributed by atoms with E-state index in [-0.39, 0.29) is 36.6 Å². The molecule has 0 aromatic heterocycles. The van der Waals surface area contributed by atoms with E-state index in [9.17, 15) is 4.79 Å². The van der Waals surface area contributed by atoms with Gasteiger partial charge in [-0.3, -0.25) is 6.42 Å². The van der Waals surface area contributed by atoms with Crippen molar-refractivity contribution in [2.45, 2.75) is 57.9 Å².